The van der Waals surface area contributed by atoms with E-state index in [1.165, 1.54) is 0 Å². The summed E-state index contributed by atoms with van der Waals surface area (Å²) < 4.78 is -1.84. The van der Waals surface area contributed by atoms with Gasteiger partial charge in [-0.3, -0.25) is 4.79 Å². The molecule has 1 rings (SSSR count). The molecule has 1 aromatic rings. The second-order valence-corrected chi connectivity index (χ2v) is 7.76. The SMILES string of the molecule is O=C(CCl)N[C@@H](NC(=S)Nc1ccc(Cl)c(Cl)c1)C(Cl)(Cl)Cl. The molecule has 0 saturated carbocycles. The molecule has 1 atom stereocenters. The predicted molar refractivity (Wildman–Crippen MR) is 98.8 cm³/mol. The van der Waals surface area contributed by atoms with E-state index in [9.17, 15) is 4.79 Å². The van der Waals surface area contributed by atoms with E-state index in [1.54, 1.807) is 18.2 Å². The molecule has 0 aliphatic carbocycles. The van der Waals surface area contributed by atoms with Gasteiger partial charge in [0, 0.05) is 5.69 Å². The highest BCUT2D eigenvalue weighted by Gasteiger charge is 2.34. The van der Waals surface area contributed by atoms with E-state index in [-0.39, 0.29) is 11.0 Å². The summed E-state index contributed by atoms with van der Waals surface area (Å²) in [4.78, 5) is 11.3. The molecule has 11 heteroatoms. The van der Waals surface area contributed by atoms with Gasteiger partial charge >= 0.3 is 0 Å². The molecular weight excluding hydrogens is 435 g/mol. The van der Waals surface area contributed by atoms with Crippen LogP contribution in [0.25, 0.3) is 0 Å². The predicted octanol–water partition coefficient (Wildman–Crippen LogP) is 4.33. The summed E-state index contributed by atoms with van der Waals surface area (Å²) in [6.45, 7) is 0. The van der Waals surface area contributed by atoms with Crippen LogP contribution in [0.1, 0.15) is 0 Å². The summed E-state index contributed by atoms with van der Waals surface area (Å²) in [6.07, 6.45) is -1.08. The van der Waals surface area contributed by atoms with Crippen molar-refractivity contribution in [2.45, 2.75) is 9.96 Å². The van der Waals surface area contributed by atoms with Crippen molar-refractivity contribution in [2.75, 3.05) is 11.2 Å². The van der Waals surface area contributed by atoms with E-state index in [0.717, 1.165) is 0 Å². The maximum atomic E-state index is 11.3. The number of alkyl halides is 4. The van der Waals surface area contributed by atoms with Crippen LogP contribution in [0, 0.1) is 0 Å². The Morgan fingerprint density at radius 3 is 2.32 bits per heavy atom. The van der Waals surface area contributed by atoms with E-state index in [0.29, 0.717) is 15.7 Å². The molecule has 0 heterocycles. The van der Waals surface area contributed by atoms with Gasteiger partial charge in [0.1, 0.15) is 12.0 Å². The zero-order chi connectivity index (χ0) is 16.9. The van der Waals surface area contributed by atoms with Crippen molar-refractivity contribution >= 4 is 98.5 Å². The van der Waals surface area contributed by atoms with E-state index in [2.05, 4.69) is 16.0 Å². The fourth-order valence-corrected chi connectivity index (χ4v) is 2.21. The second-order valence-electron chi connectivity index (χ2n) is 3.90. The Kier molecular flexibility index (Phi) is 8.09. The lowest BCUT2D eigenvalue weighted by atomic mass is 10.3. The van der Waals surface area contributed by atoms with E-state index in [1.807, 2.05) is 0 Å². The van der Waals surface area contributed by atoms with Crippen LogP contribution in [0.5, 0.6) is 0 Å². The minimum Gasteiger partial charge on any atom is -0.339 e. The van der Waals surface area contributed by atoms with Crippen molar-refractivity contribution < 1.29 is 4.79 Å². The Labute approximate surface area is 162 Å². The molecule has 1 aromatic carbocycles. The maximum absolute atomic E-state index is 11.3. The Morgan fingerprint density at radius 2 is 1.82 bits per heavy atom. The van der Waals surface area contributed by atoms with Gasteiger partial charge in [0.05, 0.1) is 10.0 Å². The molecule has 0 spiro atoms. The van der Waals surface area contributed by atoms with Gasteiger partial charge < -0.3 is 16.0 Å². The largest absolute Gasteiger partial charge is 0.339 e. The van der Waals surface area contributed by atoms with Crippen molar-refractivity contribution in [3.8, 4) is 0 Å². The number of amides is 1. The highest BCUT2D eigenvalue weighted by Crippen LogP contribution is 2.29. The van der Waals surface area contributed by atoms with Gasteiger partial charge in [-0.15, -0.1) is 11.6 Å². The molecule has 0 aliphatic rings. The molecule has 1 amide bonds. The lowest BCUT2D eigenvalue weighted by Crippen LogP contribution is -2.56. The first-order valence-electron chi connectivity index (χ1n) is 5.58. The standard InChI is InChI=1S/C11H9Cl6N3OS/c12-4-8(21)19-9(11(15,16)17)20-10(22)18-5-1-2-6(13)7(14)3-5/h1-3,9H,4H2,(H,19,21)(H2,18,20,22)/t9-/m0/s1. The number of hydrogen-bond donors (Lipinski definition) is 3. The highest BCUT2D eigenvalue weighted by molar-refractivity contribution is 7.80. The van der Waals surface area contributed by atoms with E-state index >= 15 is 0 Å². The third kappa shape index (κ3) is 6.71. The first-order chi connectivity index (χ1) is 10.1. The normalized spacial score (nSPS) is 12.5. The van der Waals surface area contributed by atoms with E-state index in [4.69, 9.17) is 81.8 Å². The van der Waals surface area contributed by atoms with Crippen LogP contribution < -0.4 is 16.0 Å². The topological polar surface area (TPSA) is 53.2 Å². The van der Waals surface area contributed by atoms with Crippen molar-refractivity contribution in [2.24, 2.45) is 0 Å². The van der Waals surface area contributed by atoms with Crippen molar-refractivity contribution in [1.82, 2.24) is 10.6 Å². The van der Waals surface area contributed by atoms with Gasteiger partial charge in [-0.2, -0.15) is 0 Å². The Balaban J connectivity index is 2.74. The quantitative estimate of drug-likeness (QED) is 0.368. The summed E-state index contributed by atoms with van der Waals surface area (Å²) in [7, 11) is 0. The van der Waals surface area contributed by atoms with Gasteiger partial charge in [-0.25, -0.2) is 0 Å². The lowest BCUT2D eigenvalue weighted by molar-refractivity contribution is -0.119. The highest BCUT2D eigenvalue weighted by atomic mass is 35.6. The Morgan fingerprint density at radius 1 is 1.18 bits per heavy atom. The summed E-state index contributed by atoms with van der Waals surface area (Å²) in [5, 5.41) is 8.73. The number of thiocarbonyl (C=S) groups is 1. The number of benzene rings is 1. The molecule has 0 aliphatic heterocycles. The summed E-state index contributed by atoms with van der Waals surface area (Å²) in [6, 6.07) is 4.82. The minimum absolute atomic E-state index is 0.101. The van der Waals surface area contributed by atoms with Crippen LogP contribution >= 0.6 is 81.8 Å². The van der Waals surface area contributed by atoms with Gasteiger partial charge in [0.25, 0.3) is 0 Å². The summed E-state index contributed by atoms with van der Waals surface area (Å²) >= 11 is 39.5. The number of anilines is 1. The van der Waals surface area contributed by atoms with Gasteiger partial charge in [0.2, 0.25) is 9.70 Å². The molecule has 0 saturated heterocycles. The fraction of sp³-hybridized carbons (Fsp3) is 0.273. The van der Waals surface area contributed by atoms with E-state index < -0.39 is 15.9 Å². The van der Waals surface area contributed by atoms with Crippen LogP contribution in [0.4, 0.5) is 5.69 Å². The van der Waals surface area contributed by atoms with Crippen LogP contribution in [0.3, 0.4) is 0 Å². The minimum atomic E-state index is -1.84. The van der Waals surface area contributed by atoms with Crippen molar-refractivity contribution in [3.05, 3.63) is 28.2 Å². The fourth-order valence-electron chi connectivity index (χ4n) is 1.27. The third-order valence-corrected chi connectivity index (χ3v) is 4.06. The molecule has 0 aromatic heterocycles. The van der Waals surface area contributed by atoms with Crippen molar-refractivity contribution in [3.63, 3.8) is 0 Å². The maximum Gasteiger partial charge on any atom is 0.236 e. The molecule has 3 N–H and O–H groups in total. The number of carbonyl (C=O) groups is 1. The number of hydrogen-bond acceptors (Lipinski definition) is 2. The van der Waals surface area contributed by atoms with Crippen LogP contribution in [-0.4, -0.2) is 26.9 Å². The molecule has 0 radical (unpaired) electrons. The average Bonchev–Trinajstić information content (AvgIpc) is 2.41. The van der Waals surface area contributed by atoms with Gasteiger partial charge in [-0.1, -0.05) is 58.0 Å². The van der Waals surface area contributed by atoms with Crippen molar-refractivity contribution in [1.29, 1.82) is 0 Å². The van der Waals surface area contributed by atoms with Crippen LogP contribution in [-0.2, 0) is 4.79 Å². The molecule has 4 nitrogen and oxygen atoms in total. The second kappa shape index (κ2) is 8.83. The number of halogens is 6. The zero-order valence-electron chi connectivity index (χ0n) is 10.6. The molecule has 22 heavy (non-hydrogen) atoms. The Bertz CT molecular complexity index is 565. The number of rotatable bonds is 4. The summed E-state index contributed by atoms with van der Waals surface area (Å²) in [5.74, 6) is -0.811. The van der Waals surface area contributed by atoms with Gasteiger partial charge in [-0.05, 0) is 30.4 Å². The molecule has 0 fully saturated rings. The van der Waals surface area contributed by atoms with Gasteiger partial charge in [0.15, 0.2) is 5.11 Å². The monoisotopic (exact) mass is 441 g/mol. The molecule has 0 unspecified atom stereocenters. The Hall–Kier alpha value is 0.120. The molecule has 122 valence electrons. The first-order valence-corrected chi connectivity index (χ1v) is 8.41. The lowest BCUT2D eigenvalue weighted by Gasteiger charge is -2.27. The van der Waals surface area contributed by atoms with Crippen LogP contribution in [0.2, 0.25) is 10.0 Å². The number of carbonyl (C=O) groups excluding carboxylic acids is 1. The molecular formula is C11H9Cl6N3OS. The summed E-state index contributed by atoms with van der Waals surface area (Å²) in [5.41, 5.74) is 0.568. The molecule has 0 bridgehead atoms. The van der Waals surface area contributed by atoms with Crippen LogP contribution in [0.15, 0.2) is 18.2 Å². The average molecular weight is 444 g/mol. The first kappa shape index (κ1) is 20.2. The smallest absolute Gasteiger partial charge is 0.236 e. The third-order valence-electron chi connectivity index (χ3n) is 2.21. The zero-order valence-corrected chi connectivity index (χ0v) is 16.0. The number of nitrogens with one attached hydrogen (secondary N) is 3.